The van der Waals surface area contributed by atoms with Gasteiger partial charge in [0.05, 0.1) is 11.1 Å². The molecule has 0 bridgehead atoms. The minimum Gasteiger partial charge on any atom is -0.348 e. The lowest BCUT2D eigenvalue weighted by Gasteiger charge is -2.08. The average molecular weight is 383 g/mol. The summed E-state index contributed by atoms with van der Waals surface area (Å²) in [5, 5.41) is 7.04. The molecule has 5 heteroatoms. The first-order valence-corrected chi connectivity index (χ1v) is 9.44. The molecule has 0 aliphatic rings. The minimum atomic E-state index is -0.184. The summed E-state index contributed by atoms with van der Waals surface area (Å²) >= 11 is 0. The third kappa shape index (κ3) is 4.24. The van der Waals surface area contributed by atoms with Crippen molar-refractivity contribution in [2.45, 2.75) is 20.4 Å². The molecule has 144 valence electrons. The van der Waals surface area contributed by atoms with E-state index in [1.807, 2.05) is 80.6 Å². The largest absolute Gasteiger partial charge is 0.348 e. The molecule has 4 rings (SSSR count). The number of hydrogen-bond acceptors (Lipinski definition) is 4. The van der Waals surface area contributed by atoms with Crippen LogP contribution in [0.15, 0.2) is 77.3 Å². The average Bonchev–Trinajstić information content (AvgIpc) is 3.24. The fourth-order valence-corrected chi connectivity index (χ4v) is 3.00. The van der Waals surface area contributed by atoms with Gasteiger partial charge >= 0.3 is 0 Å². The predicted octanol–water partition coefficient (Wildman–Crippen LogP) is 4.95. The van der Waals surface area contributed by atoms with Crippen LogP contribution in [0.3, 0.4) is 0 Å². The molecule has 5 nitrogen and oxygen atoms in total. The van der Waals surface area contributed by atoms with Gasteiger partial charge < -0.3 is 9.84 Å². The fourth-order valence-electron chi connectivity index (χ4n) is 3.00. The number of carbonyl (C=O) groups excluding carboxylic acids is 1. The maximum absolute atomic E-state index is 12.8. The van der Waals surface area contributed by atoms with Crippen molar-refractivity contribution in [3.8, 4) is 22.8 Å². The van der Waals surface area contributed by atoms with Crippen LogP contribution in [0.2, 0.25) is 0 Å². The molecule has 1 amide bonds. The monoisotopic (exact) mass is 383 g/mol. The first-order valence-electron chi connectivity index (χ1n) is 9.44. The molecule has 0 radical (unpaired) electrons. The second kappa shape index (κ2) is 8.10. The number of nitrogens with one attached hydrogen (secondary N) is 1. The second-order valence-electron chi connectivity index (χ2n) is 7.00. The van der Waals surface area contributed by atoms with Crippen molar-refractivity contribution in [3.05, 3.63) is 95.1 Å². The van der Waals surface area contributed by atoms with Crippen LogP contribution >= 0.6 is 0 Å². The van der Waals surface area contributed by atoms with Crippen molar-refractivity contribution in [1.29, 1.82) is 0 Å². The fraction of sp³-hybridized carbons (Fsp3) is 0.125. The van der Waals surface area contributed by atoms with Crippen LogP contribution in [-0.4, -0.2) is 16.0 Å². The zero-order chi connectivity index (χ0) is 20.2. The molecule has 3 aromatic carbocycles. The number of aryl methyl sites for hydroxylation is 2. The van der Waals surface area contributed by atoms with Gasteiger partial charge in [0.1, 0.15) is 0 Å². The Morgan fingerprint density at radius 3 is 2.28 bits per heavy atom. The van der Waals surface area contributed by atoms with E-state index in [1.54, 1.807) is 6.07 Å². The van der Waals surface area contributed by atoms with E-state index in [4.69, 9.17) is 4.52 Å². The topological polar surface area (TPSA) is 68.0 Å². The standard InChI is InChI=1S/C24H21N3O2/c1-16-7-11-18(12-8-16)15-25-23(28)20-5-3-4-6-21(20)24-26-22(27-29-24)19-13-9-17(2)10-14-19/h3-14H,15H2,1-2H3,(H,25,28). The Balaban J connectivity index is 1.56. The number of aromatic nitrogens is 2. The number of rotatable bonds is 5. The highest BCUT2D eigenvalue weighted by Gasteiger charge is 2.18. The van der Waals surface area contributed by atoms with Gasteiger partial charge in [-0.3, -0.25) is 4.79 Å². The van der Waals surface area contributed by atoms with Gasteiger partial charge in [-0.25, -0.2) is 0 Å². The normalized spacial score (nSPS) is 10.7. The molecule has 0 saturated carbocycles. The Morgan fingerprint density at radius 2 is 1.55 bits per heavy atom. The molecule has 0 aliphatic heterocycles. The van der Waals surface area contributed by atoms with E-state index in [0.29, 0.717) is 29.4 Å². The maximum atomic E-state index is 12.8. The van der Waals surface area contributed by atoms with Crippen LogP contribution in [0.1, 0.15) is 27.0 Å². The molecule has 0 unspecified atom stereocenters. The van der Waals surface area contributed by atoms with Crippen molar-refractivity contribution < 1.29 is 9.32 Å². The van der Waals surface area contributed by atoms with Gasteiger partial charge in [0, 0.05) is 12.1 Å². The van der Waals surface area contributed by atoms with Gasteiger partial charge in [-0.2, -0.15) is 4.98 Å². The zero-order valence-corrected chi connectivity index (χ0v) is 16.3. The van der Waals surface area contributed by atoms with E-state index in [9.17, 15) is 4.79 Å². The number of hydrogen-bond donors (Lipinski definition) is 1. The summed E-state index contributed by atoms with van der Waals surface area (Å²) in [6, 6.07) is 23.2. The Bertz CT molecular complexity index is 1130. The predicted molar refractivity (Wildman–Crippen MR) is 112 cm³/mol. The Hall–Kier alpha value is -3.73. The molecule has 1 N–H and O–H groups in total. The summed E-state index contributed by atoms with van der Waals surface area (Å²) in [6.45, 7) is 4.51. The molecular formula is C24H21N3O2. The van der Waals surface area contributed by atoms with Crippen LogP contribution in [0.25, 0.3) is 22.8 Å². The summed E-state index contributed by atoms with van der Waals surface area (Å²) in [6.07, 6.45) is 0. The Labute approximate surface area is 169 Å². The highest BCUT2D eigenvalue weighted by molar-refractivity contribution is 6.00. The molecule has 4 aromatic rings. The summed E-state index contributed by atoms with van der Waals surface area (Å²) in [7, 11) is 0. The summed E-state index contributed by atoms with van der Waals surface area (Å²) < 4.78 is 5.46. The molecule has 1 aromatic heterocycles. The molecule has 29 heavy (non-hydrogen) atoms. The summed E-state index contributed by atoms with van der Waals surface area (Å²) in [5.74, 6) is 0.632. The lowest BCUT2D eigenvalue weighted by atomic mass is 10.1. The van der Waals surface area contributed by atoms with Gasteiger partial charge in [-0.15, -0.1) is 0 Å². The maximum Gasteiger partial charge on any atom is 0.259 e. The smallest absolute Gasteiger partial charge is 0.259 e. The van der Waals surface area contributed by atoms with Crippen LogP contribution < -0.4 is 5.32 Å². The molecule has 0 atom stereocenters. The molecule has 1 heterocycles. The van der Waals surface area contributed by atoms with E-state index in [1.165, 1.54) is 5.56 Å². The van der Waals surface area contributed by atoms with Crippen LogP contribution in [0, 0.1) is 13.8 Å². The van der Waals surface area contributed by atoms with E-state index in [2.05, 4.69) is 15.5 Å². The number of carbonyl (C=O) groups is 1. The third-order valence-corrected chi connectivity index (χ3v) is 4.71. The minimum absolute atomic E-state index is 0.184. The summed E-state index contributed by atoms with van der Waals surface area (Å²) in [4.78, 5) is 17.3. The first kappa shape index (κ1) is 18.6. The highest BCUT2D eigenvalue weighted by atomic mass is 16.5. The quantitative estimate of drug-likeness (QED) is 0.529. The van der Waals surface area contributed by atoms with Gasteiger partial charge in [0.25, 0.3) is 11.8 Å². The number of nitrogens with zero attached hydrogens (tertiary/aromatic N) is 2. The lowest BCUT2D eigenvalue weighted by molar-refractivity contribution is 0.0951. The molecule has 0 saturated heterocycles. The number of benzene rings is 3. The third-order valence-electron chi connectivity index (χ3n) is 4.71. The van der Waals surface area contributed by atoms with E-state index in [0.717, 1.165) is 16.7 Å². The van der Waals surface area contributed by atoms with Gasteiger partial charge in [-0.05, 0) is 31.5 Å². The molecule has 0 spiro atoms. The van der Waals surface area contributed by atoms with E-state index in [-0.39, 0.29) is 5.91 Å². The second-order valence-corrected chi connectivity index (χ2v) is 7.00. The molecule has 0 aliphatic carbocycles. The van der Waals surface area contributed by atoms with Crippen LogP contribution in [0.5, 0.6) is 0 Å². The van der Waals surface area contributed by atoms with Gasteiger partial charge in [0.15, 0.2) is 0 Å². The zero-order valence-electron chi connectivity index (χ0n) is 16.3. The first-order chi connectivity index (χ1) is 14.1. The summed E-state index contributed by atoms with van der Waals surface area (Å²) in [5.41, 5.74) is 5.37. The lowest BCUT2D eigenvalue weighted by Crippen LogP contribution is -2.23. The van der Waals surface area contributed by atoms with Crippen LogP contribution in [-0.2, 0) is 6.54 Å². The SMILES string of the molecule is Cc1ccc(CNC(=O)c2ccccc2-c2nc(-c3ccc(C)cc3)no2)cc1. The van der Waals surface area contributed by atoms with Crippen molar-refractivity contribution in [1.82, 2.24) is 15.5 Å². The highest BCUT2D eigenvalue weighted by Crippen LogP contribution is 2.25. The van der Waals surface area contributed by atoms with Crippen LogP contribution in [0.4, 0.5) is 0 Å². The van der Waals surface area contributed by atoms with E-state index >= 15 is 0 Å². The van der Waals surface area contributed by atoms with Crippen molar-refractivity contribution in [2.24, 2.45) is 0 Å². The Kier molecular flexibility index (Phi) is 5.20. The van der Waals surface area contributed by atoms with Gasteiger partial charge in [-0.1, -0.05) is 76.9 Å². The van der Waals surface area contributed by atoms with Crippen molar-refractivity contribution in [3.63, 3.8) is 0 Å². The molecule has 0 fully saturated rings. The number of amides is 1. The van der Waals surface area contributed by atoms with E-state index < -0.39 is 0 Å². The molecular weight excluding hydrogens is 362 g/mol. The Morgan fingerprint density at radius 1 is 0.897 bits per heavy atom. The van der Waals surface area contributed by atoms with Crippen molar-refractivity contribution >= 4 is 5.91 Å². The van der Waals surface area contributed by atoms with Crippen molar-refractivity contribution in [2.75, 3.05) is 0 Å². The van der Waals surface area contributed by atoms with Gasteiger partial charge in [0.2, 0.25) is 5.82 Å².